The van der Waals surface area contributed by atoms with Crippen LogP contribution in [0.1, 0.15) is 43.2 Å². The standard InChI is InChI=1S/C30H39N3O3S.2ClH/c1-36-28-13-12-24-7-4-9-27(20-26(24)21-28)31-22-33-18-15-23(16-19-33)14-17-32-37(34,35)30-11-5-8-25-6-2-3-10-29(25)30;;/h2-3,5-6,8,10-13,21,23,27,31-32H,4,7,9,14-20,22H2,1H3;2*1H. The van der Waals surface area contributed by atoms with Crippen LogP contribution in [0.5, 0.6) is 5.75 Å². The van der Waals surface area contributed by atoms with Gasteiger partial charge in [-0.15, -0.1) is 24.8 Å². The molecule has 3 aromatic rings. The highest BCUT2D eigenvalue weighted by molar-refractivity contribution is 7.89. The number of methoxy groups -OCH3 is 1. The van der Waals surface area contributed by atoms with E-state index in [9.17, 15) is 8.42 Å². The zero-order valence-corrected chi connectivity index (χ0v) is 25.1. The molecule has 0 aromatic heterocycles. The first kappa shape index (κ1) is 31.7. The van der Waals surface area contributed by atoms with E-state index < -0.39 is 10.0 Å². The summed E-state index contributed by atoms with van der Waals surface area (Å²) < 4.78 is 34.3. The van der Waals surface area contributed by atoms with E-state index in [4.69, 9.17) is 4.74 Å². The number of halogens is 2. The van der Waals surface area contributed by atoms with E-state index in [1.54, 1.807) is 13.2 Å². The highest BCUT2D eigenvalue weighted by Crippen LogP contribution is 2.26. The van der Waals surface area contributed by atoms with Crippen LogP contribution in [0.15, 0.2) is 65.6 Å². The van der Waals surface area contributed by atoms with Crippen molar-refractivity contribution in [3.63, 3.8) is 0 Å². The van der Waals surface area contributed by atoms with Crippen molar-refractivity contribution in [1.82, 2.24) is 14.9 Å². The molecule has 1 atom stereocenters. The lowest BCUT2D eigenvalue weighted by Crippen LogP contribution is -2.44. The number of hydrogen-bond donors (Lipinski definition) is 2. The molecule has 2 N–H and O–H groups in total. The lowest BCUT2D eigenvalue weighted by atomic mass is 9.94. The minimum Gasteiger partial charge on any atom is -0.497 e. The van der Waals surface area contributed by atoms with Gasteiger partial charge in [0.1, 0.15) is 5.75 Å². The molecule has 0 bridgehead atoms. The van der Waals surface area contributed by atoms with Crippen molar-refractivity contribution in [2.45, 2.75) is 55.9 Å². The van der Waals surface area contributed by atoms with Gasteiger partial charge in [-0.25, -0.2) is 13.1 Å². The van der Waals surface area contributed by atoms with Crippen LogP contribution in [0.25, 0.3) is 10.8 Å². The number of rotatable bonds is 9. The van der Waals surface area contributed by atoms with E-state index >= 15 is 0 Å². The number of fused-ring (bicyclic) bond motifs is 2. The van der Waals surface area contributed by atoms with Gasteiger partial charge in [0.05, 0.1) is 12.0 Å². The molecule has 1 saturated heterocycles. The van der Waals surface area contributed by atoms with Gasteiger partial charge in [-0.05, 0) is 98.7 Å². The lowest BCUT2D eigenvalue weighted by Gasteiger charge is -2.33. The average Bonchev–Trinajstić information content (AvgIpc) is 3.13. The van der Waals surface area contributed by atoms with Gasteiger partial charge in [0.2, 0.25) is 10.0 Å². The molecule has 0 saturated carbocycles. The Labute approximate surface area is 245 Å². The molecule has 0 amide bonds. The normalized spacial score (nSPS) is 18.4. The molecule has 214 valence electrons. The molecule has 1 aliphatic heterocycles. The smallest absolute Gasteiger partial charge is 0.241 e. The summed E-state index contributed by atoms with van der Waals surface area (Å²) in [6, 6.07) is 20.1. The van der Waals surface area contributed by atoms with Crippen LogP contribution in [0.4, 0.5) is 0 Å². The molecule has 9 heteroatoms. The van der Waals surface area contributed by atoms with Crippen molar-refractivity contribution >= 4 is 45.6 Å². The number of hydrogen-bond acceptors (Lipinski definition) is 5. The lowest BCUT2D eigenvalue weighted by molar-refractivity contribution is 0.161. The number of ether oxygens (including phenoxy) is 1. The summed E-state index contributed by atoms with van der Waals surface area (Å²) in [6.07, 6.45) is 7.72. The van der Waals surface area contributed by atoms with Gasteiger partial charge in [0.25, 0.3) is 0 Å². The fourth-order valence-corrected chi connectivity index (χ4v) is 7.12. The second kappa shape index (κ2) is 14.7. The Kier molecular flexibility index (Phi) is 11.9. The number of likely N-dealkylation sites (tertiary alicyclic amines) is 1. The Hall–Kier alpha value is -1.87. The van der Waals surface area contributed by atoms with E-state index in [0.717, 1.165) is 68.4 Å². The van der Waals surface area contributed by atoms with Crippen molar-refractivity contribution in [3.8, 4) is 5.75 Å². The number of aryl methyl sites for hydroxylation is 1. The first-order valence-corrected chi connectivity index (χ1v) is 15.1. The SMILES string of the molecule is COc1ccc2c(c1)CC(NCN1CCC(CCNS(=O)(=O)c3cccc4ccccc34)CC1)CCC2.Cl.Cl. The third-order valence-corrected chi connectivity index (χ3v) is 9.59. The zero-order valence-electron chi connectivity index (χ0n) is 22.6. The van der Waals surface area contributed by atoms with Crippen molar-refractivity contribution in [2.24, 2.45) is 5.92 Å². The van der Waals surface area contributed by atoms with Crippen LogP contribution < -0.4 is 14.8 Å². The zero-order chi connectivity index (χ0) is 25.7. The minimum absolute atomic E-state index is 0. The first-order chi connectivity index (χ1) is 18.0. The fourth-order valence-electron chi connectivity index (χ4n) is 5.84. The Morgan fingerprint density at radius 3 is 2.51 bits per heavy atom. The Bertz CT molecular complexity index is 1310. The molecule has 2 aliphatic rings. The number of nitrogens with one attached hydrogen (secondary N) is 2. The second-order valence-electron chi connectivity index (χ2n) is 10.5. The molecule has 1 heterocycles. The third-order valence-electron chi connectivity index (χ3n) is 8.07. The number of benzene rings is 3. The number of sulfonamides is 1. The first-order valence-electron chi connectivity index (χ1n) is 13.6. The van der Waals surface area contributed by atoms with Crippen LogP contribution in [0, 0.1) is 5.92 Å². The van der Waals surface area contributed by atoms with Crippen LogP contribution in [0.2, 0.25) is 0 Å². The Morgan fingerprint density at radius 2 is 1.72 bits per heavy atom. The predicted molar refractivity (Wildman–Crippen MR) is 164 cm³/mol. The van der Waals surface area contributed by atoms with Gasteiger partial charge in [0, 0.05) is 24.6 Å². The van der Waals surface area contributed by atoms with Crippen molar-refractivity contribution in [2.75, 3.05) is 33.4 Å². The van der Waals surface area contributed by atoms with Crippen molar-refractivity contribution in [3.05, 3.63) is 71.8 Å². The predicted octanol–water partition coefficient (Wildman–Crippen LogP) is 5.57. The van der Waals surface area contributed by atoms with Crippen LogP contribution in [-0.4, -0.2) is 52.8 Å². The third kappa shape index (κ3) is 8.09. The Balaban J connectivity index is 0.00000210. The highest BCUT2D eigenvalue weighted by Gasteiger charge is 2.23. The van der Waals surface area contributed by atoms with E-state index in [1.807, 2.05) is 36.4 Å². The van der Waals surface area contributed by atoms with Crippen LogP contribution in [-0.2, 0) is 22.9 Å². The summed E-state index contributed by atoms with van der Waals surface area (Å²) >= 11 is 0. The monoisotopic (exact) mass is 593 g/mol. The summed E-state index contributed by atoms with van der Waals surface area (Å²) in [6.45, 7) is 3.53. The van der Waals surface area contributed by atoms with E-state index in [0.29, 0.717) is 23.4 Å². The maximum absolute atomic E-state index is 13.0. The molecule has 39 heavy (non-hydrogen) atoms. The van der Waals surface area contributed by atoms with Crippen molar-refractivity contribution in [1.29, 1.82) is 0 Å². The van der Waals surface area contributed by atoms with Gasteiger partial charge in [-0.1, -0.05) is 42.5 Å². The van der Waals surface area contributed by atoms with Gasteiger partial charge in [0.15, 0.2) is 0 Å². The number of piperidine rings is 1. The largest absolute Gasteiger partial charge is 0.497 e. The fraction of sp³-hybridized carbons (Fsp3) is 0.467. The second-order valence-corrected chi connectivity index (χ2v) is 12.3. The summed E-state index contributed by atoms with van der Waals surface area (Å²) in [5.74, 6) is 1.50. The molecular weight excluding hydrogens is 553 g/mol. The van der Waals surface area contributed by atoms with Crippen molar-refractivity contribution < 1.29 is 13.2 Å². The van der Waals surface area contributed by atoms with Crippen LogP contribution >= 0.6 is 24.8 Å². The summed E-state index contributed by atoms with van der Waals surface area (Å²) in [5.41, 5.74) is 2.88. The molecular formula is C30H41Cl2N3O3S. The Morgan fingerprint density at radius 1 is 0.949 bits per heavy atom. The molecule has 1 fully saturated rings. The molecule has 3 aromatic carbocycles. The van der Waals surface area contributed by atoms with Gasteiger partial charge >= 0.3 is 0 Å². The molecule has 1 aliphatic carbocycles. The number of nitrogens with zero attached hydrogens (tertiary/aromatic N) is 1. The summed E-state index contributed by atoms with van der Waals surface area (Å²) in [7, 11) is -1.79. The maximum Gasteiger partial charge on any atom is 0.241 e. The molecule has 0 radical (unpaired) electrons. The molecule has 1 unspecified atom stereocenters. The maximum atomic E-state index is 13.0. The van der Waals surface area contributed by atoms with E-state index in [2.05, 4.69) is 33.1 Å². The summed E-state index contributed by atoms with van der Waals surface area (Å²) in [5, 5.41) is 5.53. The summed E-state index contributed by atoms with van der Waals surface area (Å²) in [4.78, 5) is 2.87. The molecule has 5 rings (SSSR count). The van der Waals surface area contributed by atoms with Gasteiger partial charge in [-0.3, -0.25) is 4.90 Å². The van der Waals surface area contributed by atoms with E-state index in [-0.39, 0.29) is 24.8 Å². The minimum atomic E-state index is -3.53. The average molecular weight is 595 g/mol. The highest BCUT2D eigenvalue weighted by atomic mass is 35.5. The van der Waals surface area contributed by atoms with Gasteiger partial charge < -0.3 is 10.1 Å². The van der Waals surface area contributed by atoms with Crippen LogP contribution in [0.3, 0.4) is 0 Å². The van der Waals surface area contributed by atoms with E-state index in [1.165, 1.54) is 24.0 Å². The quantitative estimate of drug-likeness (QED) is 0.317. The molecule has 6 nitrogen and oxygen atoms in total. The topological polar surface area (TPSA) is 70.7 Å². The molecule has 0 spiro atoms. The van der Waals surface area contributed by atoms with Gasteiger partial charge in [-0.2, -0.15) is 0 Å².